The molecule has 4 N–H and O–H groups in total. The first-order chi connectivity index (χ1) is 12.1. The minimum atomic E-state index is -0.406. The van der Waals surface area contributed by atoms with Gasteiger partial charge < -0.3 is 11.5 Å². The fourth-order valence-corrected chi connectivity index (χ4v) is 2.60. The first-order valence-electron chi connectivity index (χ1n) is 7.33. The van der Waals surface area contributed by atoms with Crippen molar-refractivity contribution in [2.24, 2.45) is 0 Å². The van der Waals surface area contributed by atoms with E-state index in [9.17, 15) is 4.39 Å². The number of nitrogen functional groups attached to an aromatic ring is 2. The van der Waals surface area contributed by atoms with E-state index in [1.807, 2.05) is 0 Å². The standard InChI is InChI=1S/C16H12FN8/c17-11-3-1-2-10-14(16-22-12(18)4-13(19)23-16)24-25(15(10)11)7-9-5-20-8-21-6-9/h1-3,5-6,8H,7H2,(H4,18,19,22,23). The molecule has 4 aromatic rings. The number of nitrogens with zero attached hydrogens (tertiary/aromatic N) is 6. The molecule has 1 aromatic carbocycles. The fourth-order valence-electron chi connectivity index (χ4n) is 2.60. The van der Waals surface area contributed by atoms with Gasteiger partial charge in [-0.25, -0.2) is 24.3 Å². The number of hydrogen-bond acceptors (Lipinski definition) is 7. The Balaban J connectivity index is 1.92. The topological polar surface area (TPSA) is 121 Å². The molecule has 25 heavy (non-hydrogen) atoms. The zero-order chi connectivity index (χ0) is 17.4. The maximum atomic E-state index is 14.4. The number of para-hydroxylation sites is 1. The molecule has 0 atom stereocenters. The largest absolute Gasteiger partial charge is 0.383 e. The normalized spacial score (nSPS) is 11.1. The summed E-state index contributed by atoms with van der Waals surface area (Å²) in [4.78, 5) is 16.2. The smallest absolute Gasteiger partial charge is 0.184 e. The second-order valence-corrected chi connectivity index (χ2v) is 5.33. The highest BCUT2D eigenvalue weighted by Crippen LogP contribution is 2.28. The lowest BCUT2D eigenvalue weighted by molar-refractivity contribution is 0.616. The summed E-state index contributed by atoms with van der Waals surface area (Å²) >= 11 is 0. The second-order valence-electron chi connectivity index (χ2n) is 5.33. The Kier molecular flexibility index (Phi) is 3.46. The number of hydrogen-bond donors (Lipinski definition) is 2. The number of anilines is 2. The van der Waals surface area contributed by atoms with Crippen LogP contribution in [0.25, 0.3) is 22.4 Å². The molecule has 123 valence electrons. The van der Waals surface area contributed by atoms with Crippen LogP contribution in [-0.4, -0.2) is 29.7 Å². The first kappa shape index (κ1) is 14.9. The molecule has 0 bridgehead atoms. The number of benzene rings is 1. The van der Waals surface area contributed by atoms with E-state index >= 15 is 0 Å². The van der Waals surface area contributed by atoms with Gasteiger partial charge in [0.1, 0.15) is 35.0 Å². The van der Waals surface area contributed by atoms with E-state index < -0.39 is 5.82 Å². The molecule has 0 spiro atoms. The number of aromatic nitrogens is 6. The van der Waals surface area contributed by atoms with Gasteiger partial charge in [-0.05, 0) is 6.07 Å². The van der Waals surface area contributed by atoms with Crippen molar-refractivity contribution < 1.29 is 4.39 Å². The molecule has 0 aliphatic rings. The van der Waals surface area contributed by atoms with Crippen molar-refractivity contribution in [2.45, 2.75) is 6.54 Å². The maximum Gasteiger partial charge on any atom is 0.184 e. The molecule has 1 radical (unpaired) electrons. The quantitative estimate of drug-likeness (QED) is 0.581. The molecule has 8 nitrogen and oxygen atoms in total. The Hall–Kier alpha value is -3.62. The van der Waals surface area contributed by atoms with Crippen LogP contribution in [0.5, 0.6) is 0 Å². The highest BCUT2D eigenvalue weighted by Gasteiger charge is 2.18. The molecule has 0 amide bonds. The Morgan fingerprint density at radius 1 is 1.08 bits per heavy atom. The van der Waals surface area contributed by atoms with Crippen molar-refractivity contribution in [3.63, 3.8) is 0 Å². The molecule has 0 aliphatic carbocycles. The van der Waals surface area contributed by atoms with Crippen molar-refractivity contribution >= 4 is 22.5 Å². The lowest BCUT2D eigenvalue weighted by Crippen LogP contribution is -2.04. The fraction of sp³-hybridized carbons (Fsp3) is 0.0625. The summed E-state index contributed by atoms with van der Waals surface area (Å²) in [7, 11) is 0. The first-order valence-corrected chi connectivity index (χ1v) is 7.33. The molecule has 9 heteroatoms. The van der Waals surface area contributed by atoms with Gasteiger partial charge in [0.2, 0.25) is 0 Å². The van der Waals surface area contributed by atoms with E-state index in [2.05, 4.69) is 31.1 Å². The van der Waals surface area contributed by atoms with Gasteiger partial charge >= 0.3 is 0 Å². The van der Waals surface area contributed by atoms with Crippen molar-refractivity contribution in [1.29, 1.82) is 0 Å². The number of halogens is 1. The van der Waals surface area contributed by atoms with Crippen LogP contribution in [0.4, 0.5) is 16.0 Å². The van der Waals surface area contributed by atoms with Crippen LogP contribution in [0.3, 0.4) is 0 Å². The van der Waals surface area contributed by atoms with Crippen molar-refractivity contribution in [3.8, 4) is 11.5 Å². The molecular formula is C16H12FN8. The Bertz CT molecular complexity index is 1040. The highest BCUT2D eigenvalue weighted by molar-refractivity contribution is 5.92. The van der Waals surface area contributed by atoms with Gasteiger partial charge in [0.25, 0.3) is 0 Å². The van der Waals surface area contributed by atoms with Crippen LogP contribution in [0, 0.1) is 11.9 Å². The molecule has 0 saturated carbocycles. The van der Waals surface area contributed by atoms with Gasteiger partial charge in [-0.3, -0.25) is 4.68 Å². The lowest BCUT2D eigenvalue weighted by Gasteiger charge is -2.03. The molecule has 0 aliphatic heterocycles. The number of fused-ring (bicyclic) bond motifs is 1. The van der Waals surface area contributed by atoms with Crippen LogP contribution in [0.15, 0.2) is 36.9 Å². The van der Waals surface area contributed by atoms with Gasteiger partial charge in [-0.15, -0.1) is 0 Å². The summed E-state index contributed by atoms with van der Waals surface area (Å²) in [5.41, 5.74) is 12.9. The van der Waals surface area contributed by atoms with E-state index in [1.165, 1.54) is 17.1 Å². The van der Waals surface area contributed by atoms with Gasteiger partial charge in [0, 0.05) is 23.3 Å². The van der Waals surface area contributed by atoms with Crippen LogP contribution in [-0.2, 0) is 6.54 Å². The third kappa shape index (κ3) is 2.71. The van der Waals surface area contributed by atoms with Crippen LogP contribution in [0.2, 0.25) is 0 Å². The SMILES string of the molecule is Nc1[c]c(N)nc(-c2nn(Cc3cncnc3)c3c(F)cccc23)n1. The van der Waals surface area contributed by atoms with E-state index in [4.69, 9.17) is 11.5 Å². The maximum absolute atomic E-state index is 14.4. The Labute approximate surface area is 141 Å². The summed E-state index contributed by atoms with van der Waals surface area (Å²) in [5, 5.41) is 5.03. The van der Waals surface area contributed by atoms with Crippen LogP contribution >= 0.6 is 0 Å². The molecule has 3 aromatic heterocycles. The van der Waals surface area contributed by atoms with Crippen LogP contribution in [0.1, 0.15) is 5.56 Å². The van der Waals surface area contributed by atoms with Crippen LogP contribution < -0.4 is 11.5 Å². The molecule has 3 heterocycles. The molecule has 0 unspecified atom stereocenters. The average Bonchev–Trinajstić information content (AvgIpc) is 2.95. The van der Waals surface area contributed by atoms with E-state index in [-0.39, 0.29) is 17.5 Å². The minimum absolute atomic E-state index is 0.0954. The molecular weight excluding hydrogens is 323 g/mol. The Morgan fingerprint density at radius 3 is 2.52 bits per heavy atom. The highest BCUT2D eigenvalue weighted by atomic mass is 19.1. The molecule has 4 rings (SSSR count). The summed E-state index contributed by atoms with van der Waals surface area (Å²) in [5.74, 6) is 0.0000681. The van der Waals surface area contributed by atoms with Gasteiger partial charge in [0.05, 0.1) is 12.6 Å². The van der Waals surface area contributed by atoms with Gasteiger partial charge in [-0.2, -0.15) is 5.10 Å². The summed E-state index contributed by atoms with van der Waals surface area (Å²) in [6.45, 7) is 0.294. The van der Waals surface area contributed by atoms with Crippen molar-refractivity contribution in [1.82, 2.24) is 29.7 Å². The van der Waals surface area contributed by atoms with E-state index in [1.54, 1.807) is 24.5 Å². The zero-order valence-electron chi connectivity index (χ0n) is 12.9. The van der Waals surface area contributed by atoms with Gasteiger partial charge in [0.15, 0.2) is 5.82 Å². The van der Waals surface area contributed by atoms with Gasteiger partial charge in [-0.1, -0.05) is 12.1 Å². The predicted molar refractivity (Wildman–Crippen MR) is 89.5 cm³/mol. The number of nitrogens with two attached hydrogens (primary N) is 2. The van der Waals surface area contributed by atoms with Crippen molar-refractivity contribution in [3.05, 3.63) is 54.4 Å². The summed E-state index contributed by atoms with van der Waals surface area (Å²) in [6, 6.07) is 7.30. The monoisotopic (exact) mass is 335 g/mol. The number of rotatable bonds is 3. The molecule has 0 saturated heterocycles. The molecule has 0 fully saturated rings. The zero-order valence-corrected chi connectivity index (χ0v) is 12.9. The average molecular weight is 335 g/mol. The lowest BCUT2D eigenvalue weighted by atomic mass is 10.2. The minimum Gasteiger partial charge on any atom is -0.383 e. The van der Waals surface area contributed by atoms with Crippen molar-refractivity contribution in [2.75, 3.05) is 11.5 Å². The Morgan fingerprint density at radius 2 is 1.80 bits per heavy atom. The summed E-state index contributed by atoms with van der Waals surface area (Å²) < 4.78 is 16.0. The third-order valence-corrected chi connectivity index (χ3v) is 3.59. The predicted octanol–water partition coefficient (Wildman–Crippen LogP) is 1.44. The summed E-state index contributed by atoms with van der Waals surface area (Å²) in [6.07, 6.45) is 4.71. The third-order valence-electron chi connectivity index (χ3n) is 3.59. The second kappa shape index (κ2) is 5.78. The van der Waals surface area contributed by atoms with E-state index in [0.29, 0.717) is 23.1 Å². The van der Waals surface area contributed by atoms with E-state index in [0.717, 1.165) is 5.56 Å².